The standard InChI is InChI=1S/C13H33N4O2.2CH4.H/c1-7-9-19-10-8-17(5,6)12-15-13(18)14-11-16(2,3)4;;;/h13-15H,7-12H2,1-6H3;2*1H4;/q+1;;;-1/i;;;1+1. The number of nitrogens with zero attached hydrogens (tertiary/aromatic N) is 2. The highest BCUT2D eigenvalue weighted by molar-refractivity contribution is 4.42. The Kier molecular flexibility index (Phi) is 15.1. The Morgan fingerprint density at radius 1 is 1.00 bits per heavy atom. The van der Waals surface area contributed by atoms with Gasteiger partial charge in [-0.2, -0.15) is 0 Å². The van der Waals surface area contributed by atoms with E-state index in [1.165, 1.54) is 0 Å². The molecule has 0 heterocycles. The zero-order valence-corrected chi connectivity index (χ0v) is 13.5. The molecule has 0 aliphatic carbocycles. The minimum atomic E-state index is -0.925. The fourth-order valence-electron chi connectivity index (χ4n) is 1.40. The first-order chi connectivity index (χ1) is 8.66. The van der Waals surface area contributed by atoms with Crippen molar-refractivity contribution in [2.24, 2.45) is 0 Å². The van der Waals surface area contributed by atoms with E-state index in [4.69, 9.17) is 4.74 Å². The van der Waals surface area contributed by atoms with E-state index in [1.807, 2.05) is 21.1 Å². The number of hydrogen-bond donors (Lipinski definition) is 2. The highest BCUT2D eigenvalue weighted by Gasteiger charge is 2.15. The summed E-state index contributed by atoms with van der Waals surface area (Å²) in [6.45, 7) is 5.82. The van der Waals surface area contributed by atoms with Crippen LogP contribution < -0.4 is 15.7 Å². The lowest BCUT2D eigenvalue weighted by molar-refractivity contribution is -0.895. The van der Waals surface area contributed by atoms with Gasteiger partial charge in [-0.1, -0.05) is 21.8 Å². The number of rotatable bonds is 11. The highest BCUT2D eigenvalue weighted by Crippen LogP contribution is 1.95. The summed E-state index contributed by atoms with van der Waals surface area (Å²) in [5, 5.41) is 17.6. The molecule has 0 amide bonds. The summed E-state index contributed by atoms with van der Waals surface area (Å²) in [5.41, 5.74) is 0. The Labute approximate surface area is 134 Å². The maximum atomic E-state index is 11.7. The monoisotopic (exact) mass is 311 g/mol. The topological polar surface area (TPSA) is 56.3 Å². The van der Waals surface area contributed by atoms with Crippen molar-refractivity contribution in [1.29, 1.82) is 0 Å². The Hall–Kier alpha value is -0.240. The van der Waals surface area contributed by atoms with Gasteiger partial charge in [0.1, 0.15) is 19.9 Å². The van der Waals surface area contributed by atoms with Crippen molar-refractivity contribution >= 4 is 0 Å². The third kappa shape index (κ3) is 17.7. The summed E-state index contributed by atoms with van der Waals surface area (Å²) in [5.74, 6) is 0. The van der Waals surface area contributed by atoms with Crippen LogP contribution in [0, 0.1) is 0 Å². The average Bonchev–Trinajstić information content (AvgIpc) is 2.29. The molecule has 1 atom stereocenters. The van der Waals surface area contributed by atoms with Gasteiger partial charge in [0, 0.05) is 6.61 Å². The molecule has 6 heteroatoms. The third-order valence-electron chi connectivity index (χ3n) is 2.65. The smallest absolute Gasteiger partial charge is 0.132 e. The second-order valence-corrected chi connectivity index (χ2v) is 6.67. The quantitative estimate of drug-likeness (QED) is 0.328. The number of quaternary nitrogens is 2. The fraction of sp³-hybridized carbons (Fsp3) is 1.00. The Bertz CT molecular complexity index is 236. The summed E-state index contributed by atoms with van der Waals surface area (Å²) in [4.78, 5) is 0. The van der Waals surface area contributed by atoms with Crippen LogP contribution in [0.4, 0.5) is 0 Å². The van der Waals surface area contributed by atoms with Gasteiger partial charge in [-0.3, -0.25) is 10.6 Å². The maximum absolute atomic E-state index is 11.7. The van der Waals surface area contributed by atoms with Gasteiger partial charge >= 0.3 is 0 Å². The minimum absolute atomic E-state index is 0. The summed E-state index contributed by atoms with van der Waals surface area (Å²) < 4.78 is 6.93. The SMILES string of the molecule is C.C.CCCOCC[N+](C)(C)CNC([O-])NC[N+](C)(C)C.[2H-]. The van der Waals surface area contributed by atoms with Crippen LogP contribution in [-0.2, 0) is 4.74 Å². The molecule has 0 saturated heterocycles. The lowest BCUT2D eigenvalue weighted by atomic mass is 10.5. The van der Waals surface area contributed by atoms with Crippen molar-refractivity contribution in [1.82, 2.24) is 10.6 Å². The molecule has 0 saturated carbocycles. The van der Waals surface area contributed by atoms with Crippen LogP contribution in [-0.4, -0.2) is 83.7 Å². The normalized spacial score (nSPS) is 13.3. The van der Waals surface area contributed by atoms with Gasteiger partial charge in [0.2, 0.25) is 0 Å². The number of nitrogens with one attached hydrogen (secondary N) is 2. The lowest BCUT2D eigenvalue weighted by Crippen LogP contribution is -2.61. The molecule has 0 aliphatic heterocycles. The van der Waals surface area contributed by atoms with E-state index in [0.29, 0.717) is 13.3 Å². The first-order valence-corrected chi connectivity index (χ1v) is 6.99. The Balaban J connectivity index is -0.000000540. The number of likely N-dealkylation sites (N-methyl/N-ethyl adjacent to an activating group) is 1. The molecule has 2 N–H and O–H groups in total. The Morgan fingerprint density at radius 3 is 2.00 bits per heavy atom. The molecule has 0 aliphatic rings. The molecular formula is C15H42N4O2. The second kappa shape index (κ2) is 12.3. The fourth-order valence-corrected chi connectivity index (χ4v) is 1.40. The zero-order valence-electron chi connectivity index (χ0n) is 14.5. The van der Waals surface area contributed by atoms with E-state index in [1.54, 1.807) is 0 Å². The van der Waals surface area contributed by atoms with E-state index in [2.05, 4.69) is 31.7 Å². The van der Waals surface area contributed by atoms with Gasteiger partial charge in [0.05, 0.1) is 41.8 Å². The highest BCUT2D eigenvalue weighted by atomic mass is 16.5. The van der Waals surface area contributed by atoms with Crippen LogP contribution in [0.2, 0.25) is 0 Å². The lowest BCUT2D eigenvalue weighted by Gasteiger charge is -2.35. The van der Waals surface area contributed by atoms with E-state index < -0.39 is 6.35 Å². The maximum Gasteiger partial charge on any atom is 0.132 e. The van der Waals surface area contributed by atoms with Crippen LogP contribution in [0.1, 0.15) is 29.6 Å². The molecule has 0 bridgehead atoms. The molecule has 0 aromatic carbocycles. The first-order valence-electron chi connectivity index (χ1n) is 6.99. The van der Waals surface area contributed by atoms with Crippen LogP contribution in [0.3, 0.4) is 0 Å². The first kappa shape index (κ1) is 25.7. The summed E-state index contributed by atoms with van der Waals surface area (Å²) in [6, 6.07) is 0. The molecular weight excluding hydrogens is 268 g/mol. The van der Waals surface area contributed by atoms with E-state index in [9.17, 15) is 5.11 Å². The third-order valence-corrected chi connectivity index (χ3v) is 2.65. The molecule has 0 spiro atoms. The molecule has 0 radical (unpaired) electrons. The van der Waals surface area contributed by atoms with Crippen LogP contribution in [0.25, 0.3) is 0 Å². The second-order valence-electron chi connectivity index (χ2n) is 6.67. The van der Waals surface area contributed by atoms with E-state index in [-0.39, 0.29) is 16.3 Å². The average molecular weight is 312 g/mol. The minimum Gasteiger partial charge on any atom is -1.00 e. The van der Waals surface area contributed by atoms with Crippen molar-refractivity contribution < 1.29 is 20.2 Å². The largest absolute Gasteiger partial charge is 1.00 e. The number of ether oxygens (including phenoxy) is 1. The predicted octanol–water partition coefficient (Wildman–Crippen LogP) is 0.318. The van der Waals surface area contributed by atoms with Crippen LogP contribution in [0.5, 0.6) is 0 Å². The van der Waals surface area contributed by atoms with Crippen molar-refractivity contribution in [3.05, 3.63) is 0 Å². The summed E-state index contributed by atoms with van der Waals surface area (Å²) >= 11 is 0. The molecule has 0 aromatic rings. The molecule has 0 fully saturated rings. The zero-order chi connectivity index (χ0) is 14.9. The molecule has 21 heavy (non-hydrogen) atoms. The molecule has 0 rings (SSSR count). The molecule has 134 valence electrons. The molecule has 1 unspecified atom stereocenters. The van der Waals surface area contributed by atoms with Crippen molar-refractivity contribution in [2.75, 3.05) is 68.3 Å². The Morgan fingerprint density at radius 2 is 1.52 bits per heavy atom. The van der Waals surface area contributed by atoms with E-state index in [0.717, 1.165) is 35.1 Å². The van der Waals surface area contributed by atoms with Crippen LogP contribution >= 0.6 is 0 Å². The summed E-state index contributed by atoms with van der Waals surface area (Å²) in [7, 11) is 10.3. The predicted molar refractivity (Wildman–Crippen MR) is 90.5 cm³/mol. The van der Waals surface area contributed by atoms with Gasteiger partial charge in [-0.15, -0.1) is 0 Å². The summed E-state index contributed by atoms with van der Waals surface area (Å²) in [6.07, 6.45) is 0.120. The molecule has 6 nitrogen and oxygen atoms in total. The van der Waals surface area contributed by atoms with Crippen LogP contribution in [0.15, 0.2) is 0 Å². The van der Waals surface area contributed by atoms with Crippen molar-refractivity contribution in [2.45, 2.75) is 34.5 Å². The number of hydrogen-bond acceptors (Lipinski definition) is 4. The van der Waals surface area contributed by atoms with Gasteiger partial charge in [0.25, 0.3) is 0 Å². The van der Waals surface area contributed by atoms with Gasteiger partial charge in [-0.05, 0) is 12.8 Å². The van der Waals surface area contributed by atoms with E-state index >= 15 is 0 Å². The molecule has 0 aromatic heterocycles. The van der Waals surface area contributed by atoms with Crippen molar-refractivity contribution in [3.8, 4) is 0 Å². The van der Waals surface area contributed by atoms with Gasteiger partial charge < -0.3 is 20.2 Å². The van der Waals surface area contributed by atoms with Gasteiger partial charge in [0.15, 0.2) is 0 Å². The van der Waals surface area contributed by atoms with Crippen molar-refractivity contribution in [3.63, 3.8) is 0 Å². The van der Waals surface area contributed by atoms with Gasteiger partial charge in [-0.25, -0.2) is 0 Å².